The zero-order valence-electron chi connectivity index (χ0n) is 12.1. The number of furan rings is 1. The Hall–Kier alpha value is -1.83. The molecule has 0 bridgehead atoms. The highest BCUT2D eigenvalue weighted by atomic mass is 127. The Bertz CT molecular complexity index is 652. The van der Waals surface area contributed by atoms with Crippen LogP contribution in [0.2, 0.25) is 0 Å². The van der Waals surface area contributed by atoms with Gasteiger partial charge in [-0.3, -0.25) is 9.59 Å². The molecule has 1 aromatic heterocycles. The Morgan fingerprint density at radius 3 is 2.82 bits per heavy atom. The molecule has 1 amide bonds. The van der Waals surface area contributed by atoms with Crippen LogP contribution in [0.5, 0.6) is 0 Å². The van der Waals surface area contributed by atoms with Gasteiger partial charge in [0.25, 0.3) is 5.91 Å². The summed E-state index contributed by atoms with van der Waals surface area (Å²) >= 11 is 2.20. The molecule has 0 unspecified atom stereocenters. The average molecular weight is 413 g/mol. The van der Waals surface area contributed by atoms with Gasteiger partial charge in [0.05, 0.1) is 12.7 Å². The first-order valence-electron chi connectivity index (χ1n) is 6.78. The van der Waals surface area contributed by atoms with E-state index in [9.17, 15) is 9.59 Å². The minimum Gasteiger partial charge on any atom is -0.469 e. The second kappa shape index (κ2) is 7.98. The van der Waals surface area contributed by atoms with E-state index in [2.05, 4.69) is 27.9 Å². The molecule has 0 aliphatic carbocycles. The predicted molar refractivity (Wildman–Crippen MR) is 90.5 cm³/mol. The van der Waals surface area contributed by atoms with E-state index in [0.717, 1.165) is 20.6 Å². The molecule has 22 heavy (non-hydrogen) atoms. The van der Waals surface area contributed by atoms with Crippen molar-refractivity contribution < 1.29 is 18.7 Å². The lowest BCUT2D eigenvalue weighted by Gasteiger charge is -2.09. The maximum atomic E-state index is 11.8. The number of carbonyl (C=O) groups is 2. The van der Waals surface area contributed by atoms with E-state index in [1.165, 1.54) is 0 Å². The lowest BCUT2D eigenvalue weighted by atomic mass is 10.2. The summed E-state index contributed by atoms with van der Waals surface area (Å²) in [6.45, 7) is 1.62. The van der Waals surface area contributed by atoms with Gasteiger partial charge in [-0.25, -0.2) is 0 Å². The number of carbonyl (C=O) groups excluding carboxylic acids is 2. The smallest absolute Gasteiger partial charge is 0.306 e. The topological polar surface area (TPSA) is 68.5 Å². The highest BCUT2D eigenvalue weighted by molar-refractivity contribution is 14.1. The van der Waals surface area contributed by atoms with Gasteiger partial charge in [-0.15, -0.1) is 0 Å². The van der Waals surface area contributed by atoms with Crippen LogP contribution in [0.1, 0.15) is 17.7 Å². The number of halogens is 1. The SMILES string of the molecule is Cc1cc(I)ccc1NC(=O)COC(=O)CCc1ccco1. The van der Waals surface area contributed by atoms with Gasteiger partial charge < -0.3 is 14.5 Å². The number of anilines is 1. The number of hydrogen-bond acceptors (Lipinski definition) is 4. The fourth-order valence-electron chi connectivity index (χ4n) is 1.85. The fourth-order valence-corrected chi connectivity index (χ4v) is 2.50. The largest absolute Gasteiger partial charge is 0.469 e. The molecule has 0 spiro atoms. The minimum absolute atomic E-state index is 0.184. The van der Waals surface area contributed by atoms with Gasteiger partial charge >= 0.3 is 5.97 Å². The Morgan fingerprint density at radius 1 is 1.32 bits per heavy atom. The van der Waals surface area contributed by atoms with Crippen molar-refractivity contribution in [2.24, 2.45) is 0 Å². The second-order valence-electron chi connectivity index (χ2n) is 4.75. The van der Waals surface area contributed by atoms with E-state index in [1.54, 1.807) is 18.4 Å². The molecule has 116 valence electrons. The van der Waals surface area contributed by atoms with E-state index in [1.807, 2.05) is 25.1 Å². The van der Waals surface area contributed by atoms with E-state index < -0.39 is 5.97 Å². The molecular weight excluding hydrogens is 397 g/mol. The van der Waals surface area contributed by atoms with E-state index in [4.69, 9.17) is 9.15 Å². The van der Waals surface area contributed by atoms with Crippen LogP contribution in [0.4, 0.5) is 5.69 Å². The molecule has 0 radical (unpaired) electrons. The van der Waals surface area contributed by atoms with Gasteiger partial charge in [-0.2, -0.15) is 0 Å². The summed E-state index contributed by atoms with van der Waals surface area (Å²) in [6, 6.07) is 9.24. The lowest BCUT2D eigenvalue weighted by molar-refractivity contribution is -0.147. The van der Waals surface area contributed by atoms with Crippen LogP contribution in [0, 0.1) is 10.5 Å². The average Bonchev–Trinajstić information content (AvgIpc) is 2.99. The number of hydrogen-bond donors (Lipinski definition) is 1. The van der Waals surface area contributed by atoms with Crippen molar-refractivity contribution in [3.63, 3.8) is 0 Å². The molecule has 0 atom stereocenters. The minimum atomic E-state index is -0.425. The quantitative estimate of drug-likeness (QED) is 0.583. The van der Waals surface area contributed by atoms with E-state index >= 15 is 0 Å². The number of aryl methyl sites for hydroxylation is 2. The molecular formula is C16H16INO4. The van der Waals surface area contributed by atoms with Crippen molar-refractivity contribution in [3.8, 4) is 0 Å². The molecule has 0 fully saturated rings. The molecule has 6 heteroatoms. The summed E-state index contributed by atoms with van der Waals surface area (Å²) in [5.41, 5.74) is 1.68. The van der Waals surface area contributed by atoms with Crippen LogP contribution in [-0.2, 0) is 20.7 Å². The summed E-state index contributed by atoms with van der Waals surface area (Å²) in [5, 5.41) is 2.72. The zero-order valence-corrected chi connectivity index (χ0v) is 14.3. The molecule has 1 heterocycles. The van der Waals surface area contributed by atoms with Crippen LogP contribution >= 0.6 is 22.6 Å². The molecule has 0 aliphatic rings. The molecule has 0 saturated heterocycles. The van der Waals surface area contributed by atoms with Crippen LogP contribution in [0.15, 0.2) is 41.0 Å². The molecule has 2 rings (SSSR count). The summed E-state index contributed by atoms with van der Waals surface area (Å²) in [4.78, 5) is 23.3. The summed E-state index contributed by atoms with van der Waals surface area (Å²) in [5.74, 6) is -0.0579. The van der Waals surface area contributed by atoms with E-state index in [-0.39, 0.29) is 18.9 Å². The number of nitrogens with one attached hydrogen (secondary N) is 1. The number of benzene rings is 1. The number of amides is 1. The molecule has 1 N–H and O–H groups in total. The highest BCUT2D eigenvalue weighted by Crippen LogP contribution is 2.17. The van der Waals surface area contributed by atoms with Crippen LogP contribution in [0.25, 0.3) is 0 Å². The molecule has 1 aromatic carbocycles. The Balaban J connectivity index is 1.74. The number of ether oxygens (including phenoxy) is 1. The van der Waals surface area contributed by atoms with Crippen molar-refractivity contribution >= 4 is 40.2 Å². The van der Waals surface area contributed by atoms with Crippen LogP contribution in [0.3, 0.4) is 0 Å². The van der Waals surface area contributed by atoms with Gasteiger partial charge in [0.1, 0.15) is 5.76 Å². The Kier molecular flexibility index (Phi) is 6.00. The van der Waals surface area contributed by atoms with Gasteiger partial charge in [0, 0.05) is 15.7 Å². The third-order valence-corrected chi connectivity index (χ3v) is 3.65. The van der Waals surface area contributed by atoms with Crippen LogP contribution in [-0.4, -0.2) is 18.5 Å². The first-order chi connectivity index (χ1) is 10.5. The van der Waals surface area contributed by atoms with Crippen molar-refractivity contribution in [1.82, 2.24) is 0 Å². The number of esters is 1. The van der Waals surface area contributed by atoms with Crippen LogP contribution < -0.4 is 5.32 Å². The van der Waals surface area contributed by atoms with Gasteiger partial charge in [0.15, 0.2) is 6.61 Å². The van der Waals surface area contributed by atoms with Crippen molar-refractivity contribution in [3.05, 3.63) is 51.5 Å². The summed E-state index contributed by atoms with van der Waals surface area (Å²) in [7, 11) is 0. The molecule has 0 aliphatic heterocycles. The molecule has 5 nitrogen and oxygen atoms in total. The Labute approximate surface area is 142 Å². The monoisotopic (exact) mass is 413 g/mol. The van der Waals surface area contributed by atoms with Crippen molar-refractivity contribution in [2.45, 2.75) is 19.8 Å². The fraction of sp³-hybridized carbons (Fsp3) is 0.250. The zero-order chi connectivity index (χ0) is 15.9. The van der Waals surface area contributed by atoms with E-state index in [0.29, 0.717) is 6.42 Å². The normalized spacial score (nSPS) is 10.3. The molecule has 0 saturated carbocycles. The summed E-state index contributed by atoms with van der Waals surface area (Å²) < 4.78 is 11.2. The van der Waals surface area contributed by atoms with Gasteiger partial charge in [-0.1, -0.05) is 0 Å². The lowest BCUT2D eigenvalue weighted by Crippen LogP contribution is -2.21. The standard InChI is InChI=1S/C16H16INO4/c1-11-9-12(17)4-6-14(11)18-15(19)10-22-16(20)7-5-13-3-2-8-21-13/h2-4,6,8-9H,5,7,10H2,1H3,(H,18,19). The van der Waals surface area contributed by atoms with Crippen molar-refractivity contribution in [2.75, 3.05) is 11.9 Å². The first kappa shape index (κ1) is 16.5. The third-order valence-electron chi connectivity index (χ3n) is 2.98. The third kappa shape index (κ3) is 5.18. The molecule has 2 aromatic rings. The predicted octanol–water partition coefficient (Wildman–Crippen LogP) is 3.31. The van der Waals surface area contributed by atoms with Gasteiger partial charge in [0.2, 0.25) is 0 Å². The second-order valence-corrected chi connectivity index (χ2v) is 5.99. The van der Waals surface area contributed by atoms with Crippen molar-refractivity contribution in [1.29, 1.82) is 0 Å². The number of rotatable bonds is 6. The highest BCUT2D eigenvalue weighted by Gasteiger charge is 2.10. The Morgan fingerprint density at radius 2 is 2.14 bits per heavy atom. The first-order valence-corrected chi connectivity index (χ1v) is 7.86. The summed E-state index contributed by atoms with van der Waals surface area (Å²) in [6.07, 6.45) is 2.20. The maximum absolute atomic E-state index is 11.8. The maximum Gasteiger partial charge on any atom is 0.306 e. The van der Waals surface area contributed by atoms with Gasteiger partial charge in [-0.05, 0) is 65.4 Å².